The fourth-order valence-corrected chi connectivity index (χ4v) is 3.23. The highest BCUT2D eigenvalue weighted by atomic mass is 19.1. The molecule has 1 N–H and O–H groups in total. The van der Waals surface area contributed by atoms with Gasteiger partial charge in [0.2, 0.25) is 0 Å². The largest absolute Gasteiger partial charge is 0.396 e. The first kappa shape index (κ1) is 19.3. The van der Waals surface area contributed by atoms with Gasteiger partial charge in [-0.05, 0) is 37.0 Å². The fraction of sp³-hybridized carbons (Fsp3) is 0.381. The number of aromatic nitrogens is 2. The first-order valence-corrected chi connectivity index (χ1v) is 9.28. The molecule has 0 aromatic carbocycles. The van der Waals surface area contributed by atoms with Gasteiger partial charge in [0.05, 0.1) is 18.4 Å². The predicted molar refractivity (Wildman–Crippen MR) is 104 cm³/mol. The molecule has 144 valence electrons. The summed E-state index contributed by atoms with van der Waals surface area (Å²) in [6.45, 7) is 5.55. The number of piperidine rings is 1. The zero-order chi connectivity index (χ0) is 19.1. The minimum absolute atomic E-state index is 0.0900. The number of likely N-dealkylation sites (tertiary alicyclic amines) is 1. The molecule has 3 rings (SSSR count). The van der Waals surface area contributed by atoms with Gasteiger partial charge < -0.3 is 19.1 Å². The van der Waals surface area contributed by atoms with Crippen LogP contribution in [-0.2, 0) is 11.3 Å². The van der Waals surface area contributed by atoms with Crippen molar-refractivity contribution in [2.24, 2.45) is 0 Å². The van der Waals surface area contributed by atoms with Gasteiger partial charge in [0, 0.05) is 38.3 Å². The van der Waals surface area contributed by atoms with Crippen LogP contribution >= 0.6 is 0 Å². The van der Waals surface area contributed by atoms with Crippen LogP contribution in [0.4, 0.5) is 4.39 Å². The van der Waals surface area contributed by atoms with Crippen molar-refractivity contribution in [3.05, 3.63) is 72.6 Å². The van der Waals surface area contributed by atoms with E-state index in [0.717, 1.165) is 37.1 Å². The molecular weight excluding hydrogens is 345 g/mol. The number of pyridine rings is 1. The van der Waals surface area contributed by atoms with E-state index in [4.69, 9.17) is 9.84 Å². The minimum Gasteiger partial charge on any atom is -0.396 e. The summed E-state index contributed by atoms with van der Waals surface area (Å²) in [5.74, 6) is -0.434. The second kappa shape index (κ2) is 9.48. The zero-order valence-corrected chi connectivity index (χ0v) is 15.4. The fourth-order valence-electron chi connectivity index (χ4n) is 3.23. The molecule has 0 atom stereocenters. The van der Waals surface area contributed by atoms with Gasteiger partial charge in [0.1, 0.15) is 11.5 Å². The number of hydrogen-bond donors (Lipinski definition) is 1. The van der Waals surface area contributed by atoms with Crippen LogP contribution in [0.3, 0.4) is 0 Å². The summed E-state index contributed by atoms with van der Waals surface area (Å²) >= 11 is 0. The van der Waals surface area contributed by atoms with E-state index < -0.39 is 5.83 Å². The Kier molecular flexibility index (Phi) is 6.79. The highest BCUT2D eigenvalue weighted by Crippen LogP contribution is 2.23. The van der Waals surface area contributed by atoms with Crippen LogP contribution in [0.25, 0.3) is 5.65 Å². The monoisotopic (exact) mass is 371 g/mol. The van der Waals surface area contributed by atoms with Crippen LogP contribution in [0.1, 0.15) is 24.8 Å². The zero-order valence-electron chi connectivity index (χ0n) is 15.4. The van der Waals surface area contributed by atoms with Crippen molar-refractivity contribution in [3.63, 3.8) is 0 Å². The molecule has 2 aromatic rings. The molecule has 0 aliphatic carbocycles. The molecule has 1 fully saturated rings. The summed E-state index contributed by atoms with van der Waals surface area (Å²) in [6.07, 6.45) is 13.5. The van der Waals surface area contributed by atoms with Gasteiger partial charge in [-0.2, -0.15) is 0 Å². The molecule has 5 nitrogen and oxygen atoms in total. The van der Waals surface area contributed by atoms with Crippen molar-refractivity contribution in [2.75, 3.05) is 19.7 Å². The van der Waals surface area contributed by atoms with E-state index in [2.05, 4.69) is 11.6 Å². The third-order valence-electron chi connectivity index (χ3n) is 4.68. The molecule has 27 heavy (non-hydrogen) atoms. The van der Waals surface area contributed by atoms with Crippen LogP contribution < -0.4 is 0 Å². The number of ether oxygens (including phenoxy) is 1. The summed E-state index contributed by atoms with van der Waals surface area (Å²) in [6, 6.07) is 4.01. The Morgan fingerprint density at radius 3 is 2.93 bits per heavy atom. The maximum absolute atomic E-state index is 13.8. The Bertz CT molecular complexity index is 820. The predicted octanol–water partition coefficient (Wildman–Crippen LogP) is 3.62. The number of halogens is 1. The molecule has 1 aliphatic heterocycles. The van der Waals surface area contributed by atoms with E-state index in [9.17, 15) is 4.39 Å². The summed E-state index contributed by atoms with van der Waals surface area (Å²) in [5, 5.41) is 8.80. The Balaban J connectivity index is 1.50. The average molecular weight is 371 g/mol. The number of fused-ring (bicyclic) bond motifs is 1. The van der Waals surface area contributed by atoms with Crippen molar-refractivity contribution in [1.29, 1.82) is 0 Å². The van der Waals surface area contributed by atoms with Crippen molar-refractivity contribution in [1.82, 2.24) is 14.3 Å². The molecule has 0 unspecified atom stereocenters. The van der Waals surface area contributed by atoms with E-state index in [1.54, 1.807) is 18.3 Å². The number of imidazole rings is 1. The van der Waals surface area contributed by atoms with Crippen molar-refractivity contribution in [3.8, 4) is 0 Å². The second-order valence-corrected chi connectivity index (χ2v) is 6.62. The lowest BCUT2D eigenvalue weighted by Crippen LogP contribution is -2.36. The third-order valence-corrected chi connectivity index (χ3v) is 4.68. The SMILES string of the molecule is C=C(F)/C(=C\C=C/CCO)N1CCC(OCc2ccc3nccn3c2)CC1. The molecule has 1 saturated heterocycles. The van der Waals surface area contributed by atoms with Gasteiger partial charge in [-0.3, -0.25) is 0 Å². The highest BCUT2D eigenvalue weighted by molar-refractivity contribution is 5.39. The van der Waals surface area contributed by atoms with Crippen LogP contribution in [0.5, 0.6) is 0 Å². The van der Waals surface area contributed by atoms with E-state index in [1.165, 1.54) is 0 Å². The molecule has 6 heteroatoms. The van der Waals surface area contributed by atoms with Gasteiger partial charge in [0.25, 0.3) is 0 Å². The summed E-state index contributed by atoms with van der Waals surface area (Å²) in [4.78, 5) is 6.24. The van der Waals surface area contributed by atoms with E-state index >= 15 is 0 Å². The lowest BCUT2D eigenvalue weighted by Gasteiger charge is -2.34. The standard InChI is InChI=1S/C21H26FN3O2/c1-17(22)20(5-3-2-4-14-26)24-11-8-19(9-12-24)27-16-18-6-7-21-23-10-13-25(21)15-18/h2-3,5-7,10,13,15,19,26H,1,4,8-9,11-12,14,16H2/b3-2-,20-5+. The molecule has 0 saturated carbocycles. The van der Waals surface area contributed by atoms with Crippen molar-refractivity contribution in [2.45, 2.75) is 32.0 Å². The number of aliphatic hydroxyl groups is 1. The Hall–Kier alpha value is -2.44. The van der Waals surface area contributed by atoms with Gasteiger partial charge in [0.15, 0.2) is 0 Å². The molecule has 2 aromatic heterocycles. The second-order valence-electron chi connectivity index (χ2n) is 6.62. The van der Waals surface area contributed by atoms with Gasteiger partial charge in [-0.1, -0.05) is 24.8 Å². The maximum Gasteiger partial charge on any atom is 0.139 e. The summed E-state index contributed by atoms with van der Waals surface area (Å²) in [7, 11) is 0. The maximum atomic E-state index is 13.8. The Morgan fingerprint density at radius 1 is 1.37 bits per heavy atom. The first-order valence-electron chi connectivity index (χ1n) is 9.28. The van der Waals surface area contributed by atoms with Crippen molar-refractivity contribution >= 4 is 5.65 Å². The number of hydrogen-bond acceptors (Lipinski definition) is 4. The smallest absolute Gasteiger partial charge is 0.139 e. The molecule has 0 bridgehead atoms. The number of allylic oxidation sites excluding steroid dienone is 3. The van der Waals surface area contributed by atoms with Crippen LogP contribution in [0, 0.1) is 0 Å². The van der Waals surface area contributed by atoms with Crippen LogP contribution in [0.15, 0.2) is 67.1 Å². The molecule has 0 radical (unpaired) electrons. The first-order chi connectivity index (χ1) is 13.2. The quantitative estimate of drug-likeness (QED) is 0.720. The molecule has 0 amide bonds. The van der Waals surface area contributed by atoms with Crippen molar-refractivity contribution < 1.29 is 14.2 Å². The van der Waals surface area contributed by atoms with E-state index in [0.29, 0.717) is 18.7 Å². The molecule has 0 spiro atoms. The molecule has 3 heterocycles. The normalized spacial score (nSPS) is 16.5. The lowest BCUT2D eigenvalue weighted by atomic mass is 10.1. The number of rotatable bonds is 8. The highest BCUT2D eigenvalue weighted by Gasteiger charge is 2.22. The molecular formula is C21H26FN3O2. The lowest BCUT2D eigenvalue weighted by molar-refractivity contribution is 0.00330. The van der Waals surface area contributed by atoms with Gasteiger partial charge in [-0.25, -0.2) is 9.37 Å². The number of nitrogens with zero attached hydrogens (tertiary/aromatic N) is 3. The Morgan fingerprint density at radius 2 is 2.19 bits per heavy atom. The Labute approximate surface area is 159 Å². The topological polar surface area (TPSA) is 50.0 Å². The van der Waals surface area contributed by atoms with E-state index in [1.807, 2.05) is 39.9 Å². The summed E-state index contributed by atoms with van der Waals surface area (Å²) < 4.78 is 21.8. The average Bonchev–Trinajstić information content (AvgIpc) is 3.14. The van der Waals surface area contributed by atoms with Crippen LogP contribution in [-0.4, -0.2) is 45.2 Å². The molecule has 1 aliphatic rings. The van der Waals surface area contributed by atoms with Crippen LogP contribution in [0.2, 0.25) is 0 Å². The van der Waals surface area contributed by atoms with Gasteiger partial charge >= 0.3 is 0 Å². The summed E-state index contributed by atoms with van der Waals surface area (Å²) in [5.41, 5.74) is 2.54. The minimum atomic E-state index is -0.434. The number of aliphatic hydroxyl groups excluding tert-OH is 1. The van der Waals surface area contributed by atoms with E-state index in [-0.39, 0.29) is 12.7 Å². The third kappa shape index (κ3) is 5.28. The van der Waals surface area contributed by atoms with Gasteiger partial charge in [-0.15, -0.1) is 0 Å².